The molecule has 0 aliphatic rings. The van der Waals surface area contributed by atoms with Crippen molar-refractivity contribution >= 4 is 5.97 Å². The zero-order valence-corrected chi connectivity index (χ0v) is 9.60. The molecule has 1 rings (SSSR count). The summed E-state index contributed by atoms with van der Waals surface area (Å²) >= 11 is 0. The van der Waals surface area contributed by atoms with Gasteiger partial charge < -0.3 is 10.4 Å². The maximum Gasteiger partial charge on any atom is 0.339 e. The molecular weight excluding hydrogens is 206 g/mol. The first-order chi connectivity index (χ1) is 7.65. The van der Waals surface area contributed by atoms with E-state index >= 15 is 0 Å². The molecule has 5 heteroatoms. The molecule has 1 aromatic heterocycles. The van der Waals surface area contributed by atoms with Gasteiger partial charge in [-0.15, -0.1) is 0 Å². The van der Waals surface area contributed by atoms with Crippen molar-refractivity contribution in [2.45, 2.75) is 26.8 Å². The molecule has 0 aromatic carbocycles. The molecule has 0 bridgehead atoms. The normalized spacial score (nSPS) is 12.4. The minimum atomic E-state index is -0.985. The Morgan fingerprint density at radius 2 is 2.38 bits per heavy atom. The predicted octanol–water partition coefficient (Wildman–Crippen LogP) is 1.31. The molecule has 1 unspecified atom stereocenters. The summed E-state index contributed by atoms with van der Waals surface area (Å²) in [5.41, 5.74) is 0.699. The molecule has 1 heterocycles. The van der Waals surface area contributed by atoms with E-state index in [9.17, 15) is 4.79 Å². The highest BCUT2D eigenvalue weighted by Gasteiger charge is 2.10. The molecule has 1 aromatic rings. The Balaban J connectivity index is 2.56. The van der Waals surface area contributed by atoms with Crippen LogP contribution in [-0.2, 0) is 6.54 Å². The second-order valence-electron chi connectivity index (χ2n) is 3.83. The molecule has 0 fully saturated rings. The molecule has 16 heavy (non-hydrogen) atoms. The van der Waals surface area contributed by atoms with E-state index in [-0.39, 0.29) is 5.56 Å². The standard InChI is InChI=1S/C11H17N3O2/c1-3-8(2)4-12-6-10-9(11(15)16)5-13-7-14-10/h5,7-8,12H,3-4,6H2,1-2H3,(H,15,16). The van der Waals surface area contributed by atoms with E-state index in [1.54, 1.807) is 0 Å². The minimum absolute atomic E-state index is 0.166. The zero-order valence-electron chi connectivity index (χ0n) is 9.60. The lowest BCUT2D eigenvalue weighted by atomic mass is 10.1. The van der Waals surface area contributed by atoms with Crippen LogP contribution in [0.25, 0.3) is 0 Å². The number of aromatic carboxylic acids is 1. The van der Waals surface area contributed by atoms with Gasteiger partial charge in [0, 0.05) is 12.7 Å². The molecule has 0 aliphatic heterocycles. The van der Waals surface area contributed by atoms with Crippen LogP contribution in [0.15, 0.2) is 12.5 Å². The van der Waals surface area contributed by atoms with Crippen molar-refractivity contribution in [2.24, 2.45) is 5.92 Å². The van der Waals surface area contributed by atoms with Crippen LogP contribution in [0.1, 0.15) is 36.3 Å². The van der Waals surface area contributed by atoms with Gasteiger partial charge in [0.05, 0.1) is 5.69 Å². The third-order valence-electron chi connectivity index (χ3n) is 2.51. The molecule has 0 aliphatic carbocycles. The molecular formula is C11H17N3O2. The highest BCUT2D eigenvalue weighted by Crippen LogP contribution is 2.04. The summed E-state index contributed by atoms with van der Waals surface area (Å²) in [5, 5.41) is 12.1. The summed E-state index contributed by atoms with van der Waals surface area (Å²) in [7, 11) is 0. The van der Waals surface area contributed by atoms with Gasteiger partial charge in [-0.05, 0) is 12.5 Å². The van der Waals surface area contributed by atoms with E-state index < -0.39 is 5.97 Å². The molecule has 2 N–H and O–H groups in total. The van der Waals surface area contributed by atoms with Crippen molar-refractivity contribution in [3.05, 3.63) is 23.8 Å². The number of nitrogens with zero attached hydrogens (tertiary/aromatic N) is 2. The van der Waals surface area contributed by atoms with E-state index in [2.05, 4.69) is 29.1 Å². The van der Waals surface area contributed by atoms with Gasteiger partial charge in [0.2, 0.25) is 0 Å². The van der Waals surface area contributed by atoms with Crippen LogP contribution in [-0.4, -0.2) is 27.6 Å². The maximum atomic E-state index is 10.9. The second kappa shape index (κ2) is 6.17. The van der Waals surface area contributed by atoms with Gasteiger partial charge in [-0.25, -0.2) is 14.8 Å². The number of rotatable bonds is 6. The van der Waals surface area contributed by atoms with Crippen LogP contribution < -0.4 is 5.32 Å². The van der Waals surface area contributed by atoms with Crippen molar-refractivity contribution in [3.8, 4) is 0 Å². The van der Waals surface area contributed by atoms with E-state index in [4.69, 9.17) is 5.11 Å². The van der Waals surface area contributed by atoms with Crippen LogP contribution in [0.3, 0.4) is 0 Å². The number of hydrogen-bond donors (Lipinski definition) is 2. The fraction of sp³-hybridized carbons (Fsp3) is 0.545. The number of carboxylic acid groups (broad SMARTS) is 1. The minimum Gasteiger partial charge on any atom is -0.478 e. The van der Waals surface area contributed by atoms with Crippen LogP contribution in [0, 0.1) is 5.92 Å². The number of hydrogen-bond acceptors (Lipinski definition) is 4. The van der Waals surface area contributed by atoms with Gasteiger partial charge in [-0.2, -0.15) is 0 Å². The third kappa shape index (κ3) is 3.58. The molecule has 5 nitrogen and oxygen atoms in total. The van der Waals surface area contributed by atoms with Crippen molar-refractivity contribution in [3.63, 3.8) is 0 Å². The van der Waals surface area contributed by atoms with Gasteiger partial charge in [-0.3, -0.25) is 0 Å². The van der Waals surface area contributed by atoms with E-state index in [0.29, 0.717) is 18.2 Å². The van der Waals surface area contributed by atoms with Gasteiger partial charge in [-0.1, -0.05) is 20.3 Å². The monoisotopic (exact) mass is 223 g/mol. The molecule has 0 spiro atoms. The maximum absolute atomic E-state index is 10.9. The Morgan fingerprint density at radius 1 is 1.62 bits per heavy atom. The lowest BCUT2D eigenvalue weighted by Crippen LogP contribution is -2.22. The van der Waals surface area contributed by atoms with Crippen LogP contribution in [0.5, 0.6) is 0 Å². The quantitative estimate of drug-likeness (QED) is 0.760. The highest BCUT2D eigenvalue weighted by molar-refractivity contribution is 5.88. The number of carbonyl (C=O) groups is 1. The Labute approximate surface area is 94.9 Å². The molecule has 88 valence electrons. The van der Waals surface area contributed by atoms with E-state index in [0.717, 1.165) is 13.0 Å². The largest absolute Gasteiger partial charge is 0.478 e. The van der Waals surface area contributed by atoms with Gasteiger partial charge in [0.25, 0.3) is 0 Å². The summed E-state index contributed by atoms with van der Waals surface area (Å²) < 4.78 is 0. The number of carboxylic acids is 1. The van der Waals surface area contributed by atoms with Gasteiger partial charge in [0.15, 0.2) is 0 Å². The average Bonchev–Trinajstić information content (AvgIpc) is 2.29. The van der Waals surface area contributed by atoms with Gasteiger partial charge >= 0.3 is 5.97 Å². The summed E-state index contributed by atoms with van der Waals surface area (Å²) in [5.74, 6) is -0.406. The second-order valence-corrected chi connectivity index (χ2v) is 3.83. The van der Waals surface area contributed by atoms with E-state index in [1.807, 2.05) is 0 Å². The van der Waals surface area contributed by atoms with Crippen LogP contribution in [0.4, 0.5) is 0 Å². The predicted molar refractivity (Wildman–Crippen MR) is 60.2 cm³/mol. The lowest BCUT2D eigenvalue weighted by Gasteiger charge is -2.10. The zero-order chi connectivity index (χ0) is 12.0. The first kappa shape index (κ1) is 12.6. The summed E-state index contributed by atoms with van der Waals surface area (Å²) in [6.45, 7) is 5.60. The summed E-state index contributed by atoms with van der Waals surface area (Å²) in [6, 6.07) is 0. The fourth-order valence-corrected chi connectivity index (χ4v) is 1.26. The molecule has 0 radical (unpaired) electrons. The smallest absolute Gasteiger partial charge is 0.339 e. The van der Waals surface area contributed by atoms with Crippen LogP contribution >= 0.6 is 0 Å². The summed E-state index contributed by atoms with van der Waals surface area (Å²) in [4.78, 5) is 18.5. The lowest BCUT2D eigenvalue weighted by molar-refractivity contribution is 0.0694. The molecule has 0 saturated heterocycles. The molecule has 0 saturated carbocycles. The first-order valence-corrected chi connectivity index (χ1v) is 5.38. The Bertz CT molecular complexity index is 355. The van der Waals surface area contributed by atoms with E-state index in [1.165, 1.54) is 12.5 Å². The van der Waals surface area contributed by atoms with Crippen molar-refractivity contribution in [2.75, 3.05) is 6.54 Å². The Hall–Kier alpha value is -1.49. The van der Waals surface area contributed by atoms with Crippen molar-refractivity contribution in [1.82, 2.24) is 15.3 Å². The average molecular weight is 223 g/mol. The highest BCUT2D eigenvalue weighted by atomic mass is 16.4. The summed E-state index contributed by atoms with van der Waals surface area (Å²) in [6.07, 6.45) is 3.80. The number of nitrogens with one attached hydrogen (secondary N) is 1. The van der Waals surface area contributed by atoms with Crippen molar-refractivity contribution < 1.29 is 9.90 Å². The Morgan fingerprint density at radius 3 is 3.00 bits per heavy atom. The third-order valence-corrected chi connectivity index (χ3v) is 2.51. The van der Waals surface area contributed by atoms with Crippen LogP contribution in [0.2, 0.25) is 0 Å². The topological polar surface area (TPSA) is 75.1 Å². The molecule has 0 amide bonds. The van der Waals surface area contributed by atoms with Gasteiger partial charge in [0.1, 0.15) is 11.9 Å². The first-order valence-electron chi connectivity index (χ1n) is 5.38. The SMILES string of the molecule is CCC(C)CNCc1ncncc1C(=O)O. The van der Waals surface area contributed by atoms with Crippen molar-refractivity contribution in [1.29, 1.82) is 0 Å². The number of aromatic nitrogens is 2. The Kier molecular flexibility index (Phi) is 4.85. The fourth-order valence-electron chi connectivity index (χ4n) is 1.26. The molecule has 1 atom stereocenters.